The molecule has 0 N–H and O–H groups in total. The number of carbonyl (C=O) groups excluding carboxylic acids is 1. The Labute approximate surface area is 130 Å². The SMILES string of the molecule is CS(=O)(=O)c1ccc(N2CC(C(=O)N3CCOCC3)C2)cc1. The number of rotatable bonds is 3. The molecule has 1 aromatic rings. The maximum atomic E-state index is 12.3. The number of hydrogen-bond acceptors (Lipinski definition) is 5. The van der Waals surface area contributed by atoms with E-state index >= 15 is 0 Å². The molecule has 22 heavy (non-hydrogen) atoms. The molecule has 1 amide bonds. The molecule has 2 saturated heterocycles. The van der Waals surface area contributed by atoms with Crippen LogP contribution in [0.4, 0.5) is 5.69 Å². The number of hydrogen-bond donors (Lipinski definition) is 0. The summed E-state index contributed by atoms with van der Waals surface area (Å²) >= 11 is 0. The van der Waals surface area contributed by atoms with Crippen molar-refractivity contribution in [3.05, 3.63) is 24.3 Å². The van der Waals surface area contributed by atoms with Crippen LogP contribution in [0.2, 0.25) is 0 Å². The number of carbonyl (C=O) groups is 1. The maximum absolute atomic E-state index is 12.3. The van der Waals surface area contributed by atoms with Crippen LogP contribution in [0.5, 0.6) is 0 Å². The van der Waals surface area contributed by atoms with Crippen molar-refractivity contribution in [2.45, 2.75) is 4.90 Å². The van der Waals surface area contributed by atoms with E-state index in [1.54, 1.807) is 24.3 Å². The second kappa shape index (κ2) is 5.89. The van der Waals surface area contributed by atoms with Gasteiger partial charge >= 0.3 is 0 Å². The first-order valence-electron chi connectivity index (χ1n) is 7.37. The highest BCUT2D eigenvalue weighted by atomic mass is 32.2. The Balaban J connectivity index is 1.57. The molecule has 0 radical (unpaired) electrons. The normalized spacial score (nSPS) is 19.9. The van der Waals surface area contributed by atoms with Gasteiger partial charge in [-0.15, -0.1) is 0 Å². The highest BCUT2D eigenvalue weighted by Crippen LogP contribution is 2.27. The number of anilines is 1. The maximum Gasteiger partial charge on any atom is 0.229 e. The van der Waals surface area contributed by atoms with Gasteiger partial charge in [-0.1, -0.05) is 0 Å². The van der Waals surface area contributed by atoms with Crippen LogP contribution in [-0.2, 0) is 19.4 Å². The standard InChI is InChI=1S/C15H20N2O4S/c1-22(19,20)14-4-2-13(3-5-14)17-10-12(11-17)15(18)16-6-8-21-9-7-16/h2-5,12H,6-11H2,1H3. The summed E-state index contributed by atoms with van der Waals surface area (Å²) in [6.45, 7) is 3.98. The molecule has 0 unspecified atom stereocenters. The topological polar surface area (TPSA) is 66.9 Å². The lowest BCUT2D eigenvalue weighted by Gasteiger charge is -2.42. The molecule has 2 aliphatic heterocycles. The summed E-state index contributed by atoms with van der Waals surface area (Å²) in [5.41, 5.74) is 0.957. The van der Waals surface area contributed by atoms with Crippen molar-refractivity contribution < 1.29 is 17.9 Å². The molecule has 7 heteroatoms. The zero-order valence-electron chi connectivity index (χ0n) is 12.6. The summed E-state index contributed by atoms with van der Waals surface area (Å²) in [6, 6.07) is 6.82. The van der Waals surface area contributed by atoms with E-state index < -0.39 is 9.84 Å². The average Bonchev–Trinajstić information content (AvgIpc) is 2.46. The molecule has 2 fully saturated rings. The molecule has 6 nitrogen and oxygen atoms in total. The Morgan fingerprint density at radius 1 is 1.14 bits per heavy atom. The highest BCUT2D eigenvalue weighted by molar-refractivity contribution is 7.90. The van der Waals surface area contributed by atoms with Crippen molar-refractivity contribution in [3.8, 4) is 0 Å². The lowest BCUT2D eigenvalue weighted by molar-refractivity contribution is -0.140. The Hall–Kier alpha value is -1.60. The van der Waals surface area contributed by atoms with Crippen LogP contribution in [0.25, 0.3) is 0 Å². The van der Waals surface area contributed by atoms with E-state index in [0.717, 1.165) is 5.69 Å². The Morgan fingerprint density at radius 3 is 2.27 bits per heavy atom. The van der Waals surface area contributed by atoms with E-state index in [1.165, 1.54) is 6.26 Å². The lowest BCUT2D eigenvalue weighted by atomic mass is 9.97. The van der Waals surface area contributed by atoms with Gasteiger partial charge in [0.05, 0.1) is 24.0 Å². The summed E-state index contributed by atoms with van der Waals surface area (Å²) in [7, 11) is -3.16. The van der Waals surface area contributed by atoms with Crippen molar-refractivity contribution in [2.24, 2.45) is 5.92 Å². The molecule has 2 heterocycles. The molecule has 0 saturated carbocycles. The lowest BCUT2D eigenvalue weighted by Crippen LogP contribution is -2.56. The van der Waals surface area contributed by atoms with Crippen molar-refractivity contribution in [2.75, 3.05) is 50.5 Å². The van der Waals surface area contributed by atoms with E-state index in [0.29, 0.717) is 44.3 Å². The van der Waals surface area contributed by atoms with Gasteiger partial charge in [0.25, 0.3) is 0 Å². The van der Waals surface area contributed by atoms with Gasteiger partial charge in [-0.25, -0.2) is 8.42 Å². The average molecular weight is 324 g/mol. The van der Waals surface area contributed by atoms with Gasteiger partial charge in [0.15, 0.2) is 9.84 Å². The first-order chi connectivity index (χ1) is 10.4. The minimum absolute atomic E-state index is 0.0349. The number of benzene rings is 1. The third-order valence-corrected chi connectivity index (χ3v) is 5.31. The number of morpholine rings is 1. The van der Waals surface area contributed by atoms with Gasteiger partial charge in [0, 0.05) is 38.1 Å². The second-order valence-electron chi connectivity index (χ2n) is 5.81. The van der Waals surface area contributed by atoms with Gasteiger partial charge in [0.1, 0.15) is 0 Å². The first-order valence-corrected chi connectivity index (χ1v) is 9.26. The smallest absolute Gasteiger partial charge is 0.229 e. The molecule has 0 aliphatic carbocycles. The highest BCUT2D eigenvalue weighted by Gasteiger charge is 2.35. The fraction of sp³-hybridized carbons (Fsp3) is 0.533. The molecule has 0 bridgehead atoms. The second-order valence-corrected chi connectivity index (χ2v) is 7.82. The third kappa shape index (κ3) is 3.10. The van der Waals surface area contributed by atoms with Crippen LogP contribution in [0.15, 0.2) is 29.2 Å². The first kappa shape index (κ1) is 15.3. The summed E-state index contributed by atoms with van der Waals surface area (Å²) in [4.78, 5) is 16.6. The zero-order chi connectivity index (χ0) is 15.7. The number of amides is 1. The molecule has 1 aromatic carbocycles. The van der Waals surface area contributed by atoms with Crippen molar-refractivity contribution >= 4 is 21.4 Å². The number of sulfone groups is 1. The summed E-state index contributed by atoms with van der Waals surface area (Å²) in [5.74, 6) is 0.236. The van der Waals surface area contributed by atoms with Crippen LogP contribution in [0, 0.1) is 5.92 Å². The molecule has 120 valence electrons. The zero-order valence-corrected chi connectivity index (χ0v) is 13.4. The molecular weight excluding hydrogens is 304 g/mol. The fourth-order valence-corrected chi connectivity index (χ4v) is 3.42. The van der Waals surface area contributed by atoms with E-state index in [2.05, 4.69) is 4.90 Å². The predicted octanol–water partition coefficient (Wildman–Crippen LogP) is 0.385. The minimum atomic E-state index is -3.16. The summed E-state index contributed by atoms with van der Waals surface area (Å²) < 4.78 is 28.1. The van der Waals surface area contributed by atoms with Gasteiger partial charge < -0.3 is 14.5 Å². The van der Waals surface area contributed by atoms with Gasteiger partial charge in [0.2, 0.25) is 5.91 Å². The molecule has 0 aromatic heterocycles. The van der Waals surface area contributed by atoms with Crippen LogP contribution in [0.3, 0.4) is 0 Å². The summed E-state index contributed by atoms with van der Waals surface area (Å²) in [6.07, 6.45) is 1.20. The number of ether oxygens (including phenoxy) is 1. The van der Waals surface area contributed by atoms with E-state index in [1.807, 2.05) is 4.90 Å². The van der Waals surface area contributed by atoms with Gasteiger partial charge in [-0.05, 0) is 24.3 Å². The largest absolute Gasteiger partial charge is 0.378 e. The Kier molecular flexibility index (Phi) is 4.10. The molecule has 3 rings (SSSR count). The summed E-state index contributed by atoms with van der Waals surface area (Å²) in [5, 5.41) is 0. The van der Waals surface area contributed by atoms with Crippen LogP contribution >= 0.6 is 0 Å². The van der Waals surface area contributed by atoms with Crippen LogP contribution in [0.1, 0.15) is 0 Å². The van der Waals surface area contributed by atoms with Crippen LogP contribution in [-0.4, -0.2) is 64.9 Å². The fourth-order valence-electron chi connectivity index (χ4n) is 2.79. The molecule has 0 atom stereocenters. The van der Waals surface area contributed by atoms with Gasteiger partial charge in [-0.2, -0.15) is 0 Å². The molecule has 2 aliphatic rings. The Morgan fingerprint density at radius 2 is 1.73 bits per heavy atom. The Bertz CT molecular complexity index is 645. The molecule has 0 spiro atoms. The monoisotopic (exact) mass is 324 g/mol. The van der Waals surface area contributed by atoms with Gasteiger partial charge in [-0.3, -0.25) is 4.79 Å². The van der Waals surface area contributed by atoms with E-state index in [9.17, 15) is 13.2 Å². The quantitative estimate of drug-likeness (QED) is 0.804. The molecular formula is C15H20N2O4S. The predicted molar refractivity (Wildman–Crippen MR) is 82.7 cm³/mol. The van der Waals surface area contributed by atoms with Crippen molar-refractivity contribution in [3.63, 3.8) is 0 Å². The van der Waals surface area contributed by atoms with Crippen molar-refractivity contribution in [1.29, 1.82) is 0 Å². The van der Waals surface area contributed by atoms with E-state index in [4.69, 9.17) is 4.74 Å². The van der Waals surface area contributed by atoms with E-state index in [-0.39, 0.29) is 11.8 Å². The van der Waals surface area contributed by atoms with Crippen molar-refractivity contribution in [1.82, 2.24) is 4.90 Å². The minimum Gasteiger partial charge on any atom is -0.378 e. The number of nitrogens with zero attached hydrogens (tertiary/aromatic N) is 2. The van der Waals surface area contributed by atoms with Crippen LogP contribution < -0.4 is 4.90 Å². The third-order valence-electron chi connectivity index (χ3n) is 4.18.